The molecule has 174 valence electrons. The molecule has 0 unspecified atom stereocenters. The van der Waals surface area contributed by atoms with E-state index in [4.69, 9.17) is 0 Å². The molecule has 8 nitrogen and oxygen atoms in total. The second kappa shape index (κ2) is 9.38. The highest BCUT2D eigenvalue weighted by atomic mass is 19.1. The molecule has 3 N–H and O–H groups in total. The Morgan fingerprint density at radius 1 is 1.28 bits per heavy atom. The predicted molar refractivity (Wildman–Crippen MR) is 119 cm³/mol. The number of halogens is 1. The van der Waals surface area contributed by atoms with Crippen molar-refractivity contribution in [2.45, 2.75) is 51.9 Å². The molecule has 1 saturated heterocycles. The fraction of sp³-hybridized carbons (Fsp3) is 0.522. The maximum atomic E-state index is 13.9. The number of aliphatic hydroxyl groups excluding tert-OH is 1. The Kier molecular flexibility index (Phi) is 7.00. The number of likely N-dealkylation sites (N-methyl/N-ethyl adjacent to an activating group) is 1. The quantitative estimate of drug-likeness (QED) is 0.625. The third-order valence-electron chi connectivity index (χ3n) is 5.85. The number of likely N-dealkylation sites (tertiary alicyclic amines) is 1. The molecule has 0 aliphatic carbocycles. The Hall–Kier alpha value is -2.78. The average Bonchev–Trinajstić information content (AvgIpc) is 3.28. The lowest BCUT2D eigenvalue weighted by Crippen LogP contribution is -2.55. The van der Waals surface area contributed by atoms with Gasteiger partial charge in [0.2, 0.25) is 11.8 Å². The van der Waals surface area contributed by atoms with Crippen molar-refractivity contribution >= 4 is 11.8 Å². The molecule has 0 bridgehead atoms. The molecule has 1 aromatic heterocycles. The highest BCUT2D eigenvalue weighted by molar-refractivity contribution is 5.91. The number of benzene rings is 1. The van der Waals surface area contributed by atoms with Gasteiger partial charge in [-0.1, -0.05) is 45.0 Å². The van der Waals surface area contributed by atoms with E-state index in [2.05, 4.69) is 15.7 Å². The smallest absolute Gasteiger partial charge is 0.243 e. The summed E-state index contributed by atoms with van der Waals surface area (Å²) in [5.74, 6) is -0.895. The topological polar surface area (TPSA) is 99.5 Å². The average molecular weight is 446 g/mol. The van der Waals surface area contributed by atoms with Gasteiger partial charge in [-0.2, -0.15) is 5.10 Å². The Morgan fingerprint density at radius 2 is 1.94 bits per heavy atom. The Labute approximate surface area is 187 Å². The first-order valence-corrected chi connectivity index (χ1v) is 10.7. The highest BCUT2D eigenvalue weighted by Crippen LogP contribution is 2.26. The maximum absolute atomic E-state index is 13.9. The largest absolute Gasteiger partial charge is 0.391 e. The minimum absolute atomic E-state index is 0.135. The number of nitrogens with one attached hydrogen (secondary N) is 2. The molecule has 0 spiro atoms. The minimum Gasteiger partial charge on any atom is -0.391 e. The number of aliphatic hydroxyl groups is 1. The lowest BCUT2D eigenvalue weighted by atomic mass is 9.86. The van der Waals surface area contributed by atoms with Gasteiger partial charge in [-0.15, -0.1) is 0 Å². The van der Waals surface area contributed by atoms with Crippen LogP contribution in [-0.2, 0) is 23.2 Å². The fourth-order valence-corrected chi connectivity index (χ4v) is 4.22. The van der Waals surface area contributed by atoms with Crippen LogP contribution in [0.2, 0.25) is 0 Å². The van der Waals surface area contributed by atoms with Crippen molar-refractivity contribution in [3.63, 3.8) is 0 Å². The maximum Gasteiger partial charge on any atom is 0.243 e. The summed E-state index contributed by atoms with van der Waals surface area (Å²) in [5.41, 5.74) is 1.58. The summed E-state index contributed by atoms with van der Waals surface area (Å²) in [4.78, 5) is 27.5. The molecule has 32 heavy (non-hydrogen) atoms. The third-order valence-corrected chi connectivity index (χ3v) is 5.85. The summed E-state index contributed by atoms with van der Waals surface area (Å²) < 4.78 is 15.4. The van der Waals surface area contributed by atoms with E-state index in [0.29, 0.717) is 11.3 Å². The van der Waals surface area contributed by atoms with E-state index < -0.39 is 24.0 Å². The van der Waals surface area contributed by atoms with Crippen molar-refractivity contribution in [1.82, 2.24) is 25.3 Å². The molecule has 1 aliphatic rings. The Bertz CT molecular complexity index is 948. The van der Waals surface area contributed by atoms with E-state index in [-0.39, 0.29) is 36.7 Å². The van der Waals surface area contributed by atoms with Crippen LogP contribution in [0.3, 0.4) is 0 Å². The summed E-state index contributed by atoms with van der Waals surface area (Å²) in [5, 5.41) is 20.0. The Morgan fingerprint density at radius 3 is 2.47 bits per heavy atom. The first kappa shape index (κ1) is 23.9. The van der Waals surface area contributed by atoms with Crippen LogP contribution in [0.15, 0.2) is 30.5 Å². The van der Waals surface area contributed by atoms with Crippen molar-refractivity contribution in [3.8, 4) is 11.3 Å². The second-order valence-electron chi connectivity index (χ2n) is 9.36. The molecule has 2 aromatic rings. The van der Waals surface area contributed by atoms with Crippen LogP contribution in [0.1, 0.15) is 32.8 Å². The van der Waals surface area contributed by atoms with E-state index in [1.54, 1.807) is 26.2 Å². The van der Waals surface area contributed by atoms with Crippen LogP contribution in [-0.4, -0.2) is 63.4 Å². The first-order valence-electron chi connectivity index (χ1n) is 10.7. The zero-order chi connectivity index (χ0) is 23.6. The van der Waals surface area contributed by atoms with Crippen LogP contribution in [0.5, 0.6) is 0 Å². The van der Waals surface area contributed by atoms with Crippen LogP contribution in [0, 0.1) is 11.2 Å². The van der Waals surface area contributed by atoms with Crippen LogP contribution in [0.4, 0.5) is 4.39 Å². The number of nitrogens with zero attached hydrogens (tertiary/aromatic N) is 3. The lowest BCUT2D eigenvalue weighted by Gasteiger charge is -2.34. The molecule has 2 amide bonds. The van der Waals surface area contributed by atoms with E-state index in [9.17, 15) is 19.1 Å². The van der Waals surface area contributed by atoms with Crippen LogP contribution < -0.4 is 10.6 Å². The molecule has 9 heteroatoms. The predicted octanol–water partition coefficient (Wildman–Crippen LogP) is 1.44. The summed E-state index contributed by atoms with van der Waals surface area (Å²) >= 11 is 0. The third kappa shape index (κ3) is 4.99. The van der Waals surface area contributed by atoms with Crippen molar-refractivity contribution in [2.75, 3.05) is 13.6 Å². The van der Waals surface area contributed by atoms with Gasteiger partial charge in [0.05, 0.1) is 18.3 Å². The lowest BCUT2D eigenvalue weighted by molar-refractivity contribution is -0.142. The van der Waals surface area contributed by atoms with Gasteiger partial charge in [-0.25, -0.2) is 4.39 Å². The second-order valence-corrected chi connectivity index (χ2v) is 9.36. The molecular weight excluding hydrogens is 413 g/mol. The fourth-order valence-electron chi connectivity index (χ4n) is 4.22. The molecule has 2 heterocycles. The summed E-state index contributed by atoms with van der Waals surface area (Å²) in [6.07, 6.45) is 0.641. The molecule has 0 saturated carbocycles. The van der Waals surface area contributed by atoms with Crippen LogP contribution in [0.25, 0.3) is 11.3 Å². The normalized spacial score (nSPS) is 19.8. The van der Waals surface area contributed by atoms with Gasteiger partial charge in [-0.05, 0) is 18.0 Å². The highest BCUT2D eigenvalue weighted by Gasteiger charge is 2.43. The van der Waals surface area contributed by atoms with E-state index in [1.165, 1.54) is 15.8 Å². The monoisotopic (exact) mass is 445 g/mol. The van der Waals surface area contributed by atoms with E-state index in [0.717, 1.165) is 5.56 Å². The zero-order valence-electron chi connectivity index (χ0n) is 19.2. The van der Waals surface area contributed by atoms with Crippen molar-refractivity contribution in [2.24, 2.45) is 12.5 Å². The van der Waals surface area contributed by atoms with Gasteiger partial charge in [0.1, 0.15) is 11.7 Å². The molecule has 1 fully saturated rings. The molecular formula is C23H32FN5O3. The van der Waals surface area contributed by atoms with Crippen molar-refractivity contribution in [3.05, 3.63) is 41.8 Å². The number of carbonyl (C=O) groups excluding carboxylic acids is 2. The van der Waals surface area contributed by atoms with Crippen molar-refractivity contribution in [1.29, 1.82) is 0 Å². The number of aromatic nitrogens is 2. The minimum atomic E-state index is -0.736. The first-order chi connectivity index (χ1) is 15.0. The van der Waals surface area contributed by atoms with Gasteiger partial charge in [-0.3, -0.25) is 14.3 Å². The van der Waals surface area contributed by atoms with Gasteiger partial charge < -0.3 is 20.6 Å². The van der Waals surface area contributed by atoms with Crippen LogP contribution >= 0.6 is 0 Å². The number of carbonyl (C=O) groups is 2. The number of aryl methyl sites for hydroxylation is 1. The van der Waals surface area contributed by atoms with Gasteiger partial charge in [0.15, 0.2) is 5.82 Å². The Balaban J connectivity index is 1.66. The number of rotatable bonds is 6. The van der Waals surface area contributed by atoms with Crippen molar-refractivity contribution < 1.29 is 19.1 Å². The summed E-state index contributed by atoms with van der Waals surface area (Å²) in [6.45, 7) is 6.25. The van der Waals surface area contributed by atoms with Gasteiger partial charge in [0, 0.05) is 32.1 Å². The zero-order valence-corrected chi connectivity index (χ0v) is 19.2. The number of hydrogen-bond acceptors (Lipinski definition) is 5. The van der Waals surface area contributed by atoms with Gasteiger partial charge in [0.25, 0.3) is 0 Å². The van der Waals surface area contributed by atoms with E-state index in [1.807, 2.05) is 32.9 Å². The molecule has 1 aliphatic heterocycles. The number of β-amino-alcohol motifs (C(OH)–C–C–N with tert-alkyl or cyclic N) is 1. The number of hydrogen-bond donors (Lipinski definition) is 3. The SMILES string of the molecule is CN[C@@H](C(=O)N1C[C@H](O)C[C@H]1C(=O)NCc1ccc(-c2c(F)cnn2C)cc1)C(C)(C)C. The number of amides is 2. The summed E-state index contributed by atoms with van der Waals surface area (Å²) in [6, 6.07) is 5.98. The molecule has 1 aromatic carbocycles. The standard InChI is InChI=1S/C23H32FN5O3/c1-23(2,3)20(25-4)22(32)29-13-16(30)10-18(29)21(31)26-11-14-6-8-15(9-7-14)19-17(24)12-27-28(19)5/h6-9,12,16,18,20,25,30H,10-11,13H2,1-5H3,(H,26,31)/t16-,18+,20+/m1/s1. The van der Waals surface area contributed by atoms with Gasteiger partial charge >= 0.3 is 0 Å². The molecule has 3 rings (SSSR count). The summed E-state index contributed by atoms with van der Waals surface area (Å²) in [7, 11) is 3.39. The molecule has 0 radical (unpaired) electrons. The van der Waals surface area contributed by atoms with E-state index >= 15 is 0 Å². The molecule has 3 atom stereocenters.